The summed E-state index contributed by atoms with van der Waals surface area (Å²) in [6.07, 6.45) is 4.30. The van der Waals surface area contributed by atoms with E-state index < -0.39 is 0 Å². The number of hydrogen-bond acceptors (Lipinski definition) is 3. The lowest BCUT2D eigenvalue weighted by molar-refractivity contribution is 1.21. The van der Waals surface area contributed by atoms with Crippen molar-refractivity contribution in [3.8, 4) is 0 Å². The van der Waals surface area contributed by atoms with Crippen LogP contribution in [0.15, 0.2) is 17.6 Å². The van der Waals surface area contributed by atoms with Crippen molar-refractivity contribution in [3.05, 3.63) is 24.0 Å². The molecule has 0 N–H and O–H groups in total. The van der Waals surface area contributed by atoms with Crippen LogP contribution in [0.3, 0.4) is 0 Å². The Labute approximate surface area is 56.2 Å². The summed E-state index contributed by atoms with van der Waals surface area (Å²) < 4.78 is 1.12. The predicted octanol–water partition coefficient (Wildman–Crippen LogP) is 1.49. The van der Waals surface area contributed by atoms with Crippen molar-refractivity contribution in [1.29, 1.82) is 0 Å². The summed E-state index contributed by atoms with van der Waals surface area (Å²) in [5.74, 6) is 0. The van der Waals surface area contributed by atoms with Gasteiger partial charge in [0.15, 0.2) is 6.33 Å². The van der Waals surface area contributed by atoms with Crippen LogP contribution < -0.4 is 0 Å². The van der Waals surface area contributed by atoms with Crippen LogP contribution in [0.2, 0.25) is 0 Å². The van der Waals surface area contributed by atoms with Crippen LogP contribution in [0.25, 0.3) is 10.2 Å². The minimum atomic E-state index is 0.981. The summed E-state index contributed by atoms with van der Waals surface area (Å²) in [7, 11) is 0. The average molecular weight is 135 g/mol. The first-order valence-electron chi connectivity index (χ1n) is 2.53. The second kappa shape index (κ2) is 1.77. The molecule has 0 aliphatic heterocycles. The van der Waals surface area contributed by atoms with E-state index in [4.69, 9.17) is 0 Å². The molecule has 2 aromatic heterocycles. The third-order valence-electron chi connectivity index (χ3n) is 1.08. The number of fused-ring (bicyclic) bond motifs is 1. The van der Waals surface area contributed by atoms with Gasteiger partial charge in [0.1, 0.15) is 0 Å². The van der Waals surface area contributed by atoms with Gasteiger partial charge in [0.25, 0.3) is 0 Å². The van der Waals surface area contributed by atoms with Gasteiger partial charge in [-0.25, -0.2) is 9.97 Å². The monoisotopic (exact) mass is 135 g/mol. The molecule has 0 bridgehead atoms. The highest BCUT2D eigenvalue weighted by atomic mass is 32.1. The van der Waals surface area contributed by atoms with Crippen LogP contribution in [0.5, 0.6) is 0 Å². The molecular weight excluding hydrogens is 132 g/mol. The quantitative estimate of drug-likeness (QED) is 0.547. The van der Waals surface area contributed by atoms with Gasteiger partial charge in [0, 0.05) is 6.20 Å². The zero-order valence-corrected chi connectivity index (χ0v) is 5.35. The van der Waals surface area contributed by atoms with Crippen LogP contribution in [-0.2, 0) is 0 Å². The van der Waals surface area contributed by atoms with Crippen molar-refractivity contribution in [1.82, 2.24) is 9.97 Å². The summed E-state index contributed by atoms with van der Waals surface area (Å²) in [6.45, 7) is 0. The Hall–Kier alpha value is -0.960. The maximum Gasteiger partial charge on any atom is 0.198 e. The fraction of sp³-hybridized carbons (Fsp3) is 0. The van der Waals surface area contributed by atoms with E-state index in [1.165, 1.54) is 0 Å². The zero-order chi connectivity index (χ0) is 6.10. The Bertz CT molecular complexity index is 285. The molecule has 0 aromatic carbocycles. The fourth-order valence-corrected chi connectivity index (χ4v) is 1.36. The third kappa shape index (κ3) is 0.695. The molecule has 0 atom stereocenters. The molecule has 9 heavy (non-hydrogen) atoms. The first kappa shape index (κ1) is 4.88. The van der Waals surface area contributed by atoms with E-state index in [1.54, 1.807) is 17.5 Å². The van der Waals surface area contributed by atoms with E-state index in [0.717, 1.165) is 10.2 Å². The van der Waals surface area contributed by atoms with Gasteiger partial charge in [-0.15, -0.1) is 11.3 Å². The standard InChI is InChI=1S/C6H3N2S/c1-2-9-6-3-7-4-8-5(1)6/h1-3H. The van der Waals surface area contributed by atoms with Gasteiger partial charge in [-0.3, -0.25) is 0 Å². The molecule has 2 heterocycles. The van der Waals surface area contributed by atoms with Crippen molar-refractivity contribution in [3.63, 3.8) is 0 Å². The van der Waals surface area contributed by atoms with Crippen molar-refractivity contribution >= 4 is 21.6 Å². The van der Waals surface area contributed by atoms with Crippen molar-refractivity contribution in [2.45, 2.75) is 0 Å². The van der Waals surface area contributed by atoms with Crippen LogP contribution in [0.4, 0.5) is 0 Å². The third-order valence-corrected chi connectivity index (χ3v) is 1.92. The van der Waals surface area contributed by atoms with Crippen molar-refractivity contribution in [2.75, 3.05) is 0 Å². The largest absolute Gasteiger partial charge is 0.232 e. The summed E-state index contributed by atoms with van der Waals surface area (Å²) in [5, 5.41) is 1.99. The topological polar surface area (TPSA) is 25.8 Å². The van der Waals surface area contributed by atoms with E-state index in [-0.39, 0.29) is 0 Å². The van der Waals surface area contributed by atoms with E-state index in [0.29, 0.717) is 0 Å². The first-order chi connectivity index (χ1) is 4.47. The highest BCUT2D eigenvalue weighted by Crippen LogP contribution is 2.15. The van der Waals surface area contributed by atoms with E-state index in [2.05, 4.69) is 16.3 Å². The van der Waals surface area contributed by atoms with Gasteiger partial charge >= 0.3 is 0 Å². The highest BCUT2D eigenvalue weighted by Gasteiger charge is 1.91. The smallest absolute Gasteiger partial charge is 0.198 e. The fourth-order valence-electron chi connectivity index (χ4n) is 0.673. The number of nitrogens with zero attached hydrogens (tertiary/aromatic N) is 2. The Balaban J connectivity index is 2.95. The molecule has 2 rings (SSSR count). The van der Waals surface area contributed by atoms with Crippen molar-refractivity contribution in [2.24, 2.45) is 0 Å². The molecular formula is C6H3N2S. The van der Waals surface area contributed by atoms with Crippen LogP contribution in [-0.4, -0.2) is 9.97 Å². The summed E-state index contributed by atoms with van der Waals surface area (Å²) >= 11 is 1.64. The first-order valence-corrected chi connectivity index (χ1v) is 3.41. The molecule has 0 aliphatic rings. The molecule has 43 valence electrons. The Morgan fingerprint density at radius 2 is 2.56 bits per heavy atom. The molecule has 0 unspecified atom stereocenters. The molecule has 0 aliphatic carbocycles. The van der Waals surface area contributed by atoms with Gasteiger partial charge in [-0.05, 0) is 11.4 Å². The zero-order valence-electron chi connectivity index (χ0n) is 4.53. The van der Waals surface area contributed by atoms with Crippen LogP contribution in [0, 0.1) is 6.33 Å². The maximum atomic E-state index is 3.92. The molecule has 0 fully saturated rings. The molecule has 0 amide bonds. The number of thiophene rings is 1. The Morgan fingerprint density at radius 3 is 3.44 bits per heavy atom. The Kier molecular flexibility index (Phi) is 0.960. The second-order valence-electron chi connectivity index (χ2n) is 1.64. The van der Waals surface area contributed by atoms with Gasteiger partial charge in [0.05, 0.1) is 10.2 Å². The molecule has 3 heteroatoms. The van der Waals surface area contributed by atoms with Crippen LogP contribution in [0.1, 0.15) is 0 Å². The minimum absolute atomic E-state index is 0.981. The highest BCUT2D eigenvalue weighted by molar-refractivity contribution is 7.17. The summed E-state index contributed by atoms with van der Waals surface area (Å²) in [6, 6.07) is 1.96. The van der Waals surface area contributed by atoms with Gasteiger partial charge in [0.2, 0.25) is 0 Å². The number of hydrogen-bond donors (Lipinski definition) is 0. The lowest BCUT2D eigenvalue weighted by Gasteiger charge is -1.79. The molecule has 0 saturated heterocycles. The summed E-state index contributed by atoms with van der Waals surface area (Å²) in [4.78, 5) is 7.67. The lowest BCUT2D eigenvalue weighted by atomic mass is 10.5. The molecule has 0 saturated carbocycles. The van der Waals surface area contributed by atoms with E-state index in [9.17, 15) is 0 Å². The molecule has 2 aromatic rings. The number of rotatable bonds is 0. The minimum Gasteiger partial charge on any atom is -0.232 e. The maximum absolute atomic E-state index is 3.92. The normalized spacial score (nSPS) is 10.2. The van der Waals surface area contributed by atoms with Gasteiger partial charge in [-0.2, -0.15) is 0 Å². The molecule has 1 radical (unpaired) electrons. The Morgan fingerprint density at radius 1 is 1.56 bits per heavy atom. The lowest BCUT2D eigenvalue weighted by Crippen LogP contribution is -1.73. The van der Waals surface area contributed by atoms with Crippen molar-refractivity contribution < 1.29 is 0 Å². The SMILES string of the molecule is [c]1ncc2sccc2n1. The molecule has 2 nitrogen and oxygen atoms in total. The number of aromatic nitrogens is 2. The molecule has 0 spiro atoms. The average Bonchev–Trinajstić information content (AvgIpc) is 2.33. The summed E-state index contributed by atoms with van der Waals surface area (Å²) in [5.41, 5.74) is 0.981. The van der Waals surface area contributed by atoms with E-state index >= 15 is 0 Å². The van der Waals surface area contributed by atoms with Crippen LogP contribution >= 0.6 is 11.3 Å². The second-order valence-corrected chi connectivity index (χ2v) is 2.59. The van der Waals surface area contributed by atoms with Gasteiger partial charge in [-0.1, -0.05) is 0 Å². The van der Waals surface area contributed by atoms with Gasteiger partial charge < -0.3 is 0 Å². The van der Waals surface area contributed by atoms with E-state index in [1.807, 2.05) is 11.4 Å². The predicted molar refractivity (Wildman–Crippen MR) is 36.3 cm³/mol.